The molecular weight excluding hydrogens is 835 g/mol. The third-order valence-corrected chi connectivity index (χ3v) is 14.7. The van der Waals surface area contributed by atoms with Crippen molar-refractivity contribution in [3.63, 3.8) is 0 Å². The van der Waals surface area contributed by atoms with Crippen molar-refractivity contribution in [2.45, 2.75) is 106 Å². The summed E-state index contributed by atoms with van der Waals surface area (Å²) in [6.07, 6.45) is 13.8. The number of pyridine rings is 1. The molecule has 4 N–H and O–H groups in total. The summed E-state index contributed by atoms with van der Waals surface area (Å²) < 4.78 is 66.3. The lowest BCUT2D eigenvalue weighted by Gasteiger charge is -2.33. The Bertz CT molecular complexity index is 2220. The van der Waals surface area contributed by atoms with Crippen molar-refractivity contribution >= 4 is 32.2 Å². The fourth-order valence-electron chi connectivity index (χ4n) is 10.00. The van der Waals surface area contributed by atoms with Crippen LogP contribution in [0.5, 0.6) is 0 Å². The number of ether oxygens (including phenoxy) is 2. The van der Waals surface area contributed by atoms with Gasteiger partial charge in [0.15, 0.2) is 11.6 Å². The molecule has 0 saturated heterocycles. The van der Waals surface area contributed by atoms with Crippen molar-refractivity contribution in [3.05, 3.63) is 99.0 Å². The minimum absolute atomic E-state index is 0.0173. The molecule has 2 aromatic rings. The summed E-state index contributed by atoms with van der Waals surface area (Å²) in [7, 11) is -4.79. The summed E-state index contributed by atoms with van der Waals surface area (Å²) in [5.41, 5.74) is 8.50. The number of rotatable bonds is 16. The van der Waals surface area contributed by atoms with Crippen LogP contribution in [0.2, 0.25) is 0 Å². The molecule has 62 heavy (non-hydrogen) atoms. The first kappa shape index (κ1) is 49.2. The van der Waals surface area contributed by atoms with E-state index in [1.165, 1.54) is 17.5 Å². The van der Waals surface area contributed by atoms with Crippen molar-refractivity contribution in [3.8, 4) is 0 Å². The number of carbonyl (C=O) groups is 2. The van der Waals surface area contributed by atoms with Crippen molar-refractivity contribution in [1.82, 2.24) is 15.0 Å². The number of aromatic nitrogens is 3. The van der Waals surface area contributed by atoms with E-state index in [1.807, 2.05) is 45.9 Å². The summed E-state index contributed by atoms with van der Waals surface area (Å²) >= 11 is 0. The van der Waals surface area contributed by atoms with Gasteiger partial charge in [-0.15, -0.1) is 0 Å². The Kier molecular flexibility index (Phi) is 15.5. The number of carbonyl (C=O) groups excluding carboxylic acids is 2. The molecule has 0 radical (unpaired) electrons. The normalized spacial score (nSPS) is 25.7. The number of hydrogen-bond acceptors (Lipinski definition) is 13. The van der Waals surface area contributed by atoms with Gasteiger partial charge in [-0.05, 0) is 101 Å². The number of ketones is 2. The van der Waals surface area contributed by atoms with Gasteiger partial charge in [0, 0.05) is 61.4 Å². The van der Waals surface area contributed by atoms with Crippen LogP contribution in [0.15, 0.2) is 76.6 Å². The molecule has 2 saturated carbocycles. The predicted octanol–water partition coefficient (Wildman–Crippen LogP) is 6.14. The van der Waals surface area contributed by atoms with E-state index in [0.29, 0.717) is 55.3 Å². The van der Waals surface area contributed by atoms with Gasteiger partial charge in [0.25, 0.3) is 0 Å². The maximum Gasteiger partial charge on any atom is 0.333 e. The molecule has 6 atom stereocenters. The average molecular weight is 898 g/mol. The summed E-state index contributed by atoms with van der Waals surface area (Å²) in [6.45, 7) is 16.5. The smallest absolute Gasteiger partial charge is 0.333 e. The maximum atomic E-state index is 13.2. The van der Waals surface area contributed by atoms with Crippen molar-refractivity contribution in [2.24, 2.45) is 44.8 Å². The van der Waals surface area contributed by atoms with Gasteiger partial charge in [-0.3, -0.25) is 22.9 Å². The Balaban J connectivity index is 0.000000234. The molecular formula is C45H63N5O10S2. The minimum atomic E-state index is -4.02. The highest BCUT2D eigenvalue weighted by molar-refractivity contribution is 7.84. The number of allylic oxidation sites excluding steroid dienone is 8. The van der Waals surface area contributed by atoms with Crippen LogP contribution in [0.1, 0.15) is 113 Å². The lowest BCUT2D eigenvalue weighted by Crippen LogP contribution is -2.36. The molecule has 0 amide bonds. The van der Waals surface area contributed by atoms with E-state index in [9.17, 15) is 26.4 Å². The average Bonchev–Trinajstić information content (AvgIpc) is 3.87. The van der Waals surface area contributed by atoms with Gasteiger partial charge in [-0.2, -0.15) is 16.8 Å². The standard InChI is InChI=1S/C23H32N2O5S.C22H31N3O5S/c1-14-8-17(9-15(14)2)21(26)20-12-25-7-6-16(20)10-19-11-18(13-30-31(24,27)28)22(29-5)23(19,3)4;1-13-6-15(7-14(13)2)20(26)18-10-24-12-25-19(18)9-17-8-16(11-30-31(23,27)28)21(29-5)22(17,3)4/h6-8,12,18-19,22H,9-11,13H2,1-5H3,(H2,24,27,28);6,10,12,16-17,21H,7-9,11H2,1-5H3,(H2,23,27,28)/t18-,19-,22-;16-,17+,21-/m11/s1. The zero-order valence-electron chi connectivity index (χ0n) is 37.6. The number of methoxy groups -OCH3 is 2. The molecule has 2 fully saturated rings. The van der Waals surface area contributed by atoms with Crippen LogP contribution in [0.25, 0.3) is 0 Å². The minimum Gasteiger partial charge on any atom is -0.381 e. The third kappa shape index (κ3) is 11.5. The first-order valence-corrected chi connectivity index (χ1v) is 23.8. The number of nitrogens with two attached hydrogens (primary N) is 2. The van der Waals surface area contributed by atoms with Crippen LogP contribution < -0.4 is 10.3 Å². The molecule has 0 aromatic carbocycles. The van der Waals surface area contributed by atoms with E-state index in [0.717, 1.165) is 27.9 Å². The monoisotopic (exact) mass is 897 g/mol. The zero-order chi connectivity index (χ0) is 45.9. The van der Waals surface area contributed by atoms with Gasteiger partial charge in [-0.1, -0.05) is 62.1 Å². The van der Waals surface area contributed by atoms with Crippen LogP contribution in [0.3, 0.4) is 0 Å². The van der Waals surface area contributed by atoms with E-state index in [2.05, 4.69) is 42.6 Å². The molecule has 0 bridgehead atoms. The topological polar surface area (TPSA) is 230 Å². The quantitative estimate of drug-likeness (QED) is 0.181. The summed E-state index contributed by atoms with van der Waals surface area (Å²) in [5.74, 6) is -0.00743. The Morgan fingerprint density at radius 3 is 1.60 bits per heavy atom. The lowest BCUT2D eigenvalue weighted by molar-refractivity contribution is -0.0191. The highest BCUT2D eigenvalue weighted by Gasteiger charge is 2.51. The fraction of sp³-hybridized carbons (Fsp3) is 0.578. The van der Waals surface area contributed by atoms with Gasteiger partial charge in [0.05, 0.1) is 36.7 Å². The van der Waals surface area contributed by atoms with Crippen LogP contribution in [0, 0.1) is 34.5 Å². The van der Waals surface area contributed by atoms with Crippen molar-refractivity contribution in [2.75, 3.05) is 27.4 Å². The Labute approximate surface area is 367 Å². The Hall–Kier alpha value is -3.81. The largest absolute Gasteiger partial charge is 0.381 e. The first-order chi connectivity index (χ1) is 28.9. The maximum absolute atomic E-state index is 13.2. The number of nitrogens with zero attached hydrogens (tertiary/aromatic N) is 3. The van der Waals surface area contributed by atoms with Gasteiger partial charge in [0.1, 0.15) is 6.33 Å². The van der Waals surface area contributed by atoms with Crippen LogP contribution >= 0.6 is 0 Å². The lowest BCUT2D eigenvalue weighted by atomic mass is 9.76. The second-order valence-corrected chi connectivity index (χ2v) is 20.9. The van der Waals surface area contributed by atoms with Gasteiger partial charge in [-0.25, -0.2) is 20.2 Å². The number of hydrogen-bond donors (Lipinski definition) is 2. The Morgan fingerprint density at radius 1 is 0.710 bits per heavy atom. The second kappa shape index (κ2) is 19.5. The van der Waals surface area contributed by atoms with Gasteiger partial charge < -0.3 is 9.47 Å². The third-order valence-electron chi connectivity index (χ3n) is 13.7. The molecule has 15 nitrogen and oxygen atoms in total. The molecule has 17 heteroatoms. The molecule has 2 heterocycles. The molecule has 4 aliphatic carbocycles. The van der Waals surface area contributed by atoms with Gasteiger partial charge >= 0.3 is 20.6 Å². The molecule has 4 aliphatic rings. The molecule has 0 spiro atoms. The zero-order valence-corrected chi connectivity index (χ0v) is 39.2. The second-order valence-electron chi connectivity index (χ2n) is 18.5. The van der Waals surface area contributed by atoms with E-state index in [1.54, 1.807) is 32.8 Å². The van der Waals surface area contributed by atoms with Crippen molar-refractivity contribution in [1.29, 1.82) is 0 Å². The summed E-state index contributed by atoms with van der Waals surface area (Å²) in [5, 5.41) is 10.0. The Morgan fingerprint density at radius 2 is 1.16 bits per heavy atom. The summed E-state index contributed by atoms with van der Waals surface area (Å²) in [4.78, 5) is 39.2. The summed E-state index contributed by atoms with van der Waals surface area (Å²) in [6, 6.07) is 1.90. The molecule has 0 unspecified atom stereocenters. The SMILES string of the molecule is CO[C@@H]1[C@@H](COS(N)(=O)=O)C[C@@H](Cc2ccncc2C(=O)C2=CC(C)=C(C)C2)C1(C)C.CO[C@@H]1[C@@H](COS(N)(=O)=O)C[C@@H](Cc2ncncc2C(=O)C2=CC(C)=C(C)C2)C1(C)C. The first-order valence-electron chi connectivity index (χ1n) is 20.8. The van der Waals surface area contributed by atoms with Crippen LogP contribution in [-0.2, 0) is 51.3 Å². The highest BCUT2D eigenvalue weighted by Crippen LogP contribution is 2.51. The fourth-order valence-corrected chi connectivity index (χ4v) is 10.7. The van der Waals surface area contributed by atoms with E-state index < -0.39 is 20.6 Å². The molecule has 340 valence electrons. The highest BCUT2D eigenvalue weighted by atomic mass is 32.2. The molecule has 2 aromatic heterocycles. The van der Waals surface area contributed by atoms with E-state index >= 15 is 0 Å². The van der Waals surface area contributed by atoms with Crippen LogP contribution in [0.4, 0.5) is 0 Å². The van der Waals surface area contributed by atoms with Gasteiger partial charge in [0.2, 0.25) is 0 Å². The van der Waals surface area contributed by atoms with Crippen molar-refractivity contribution < 1.29 is 44.3 Å². The van der Waals surface area contributed by atoms with Crippen LogP contribution in [-0.4, -0.2) is 83.0 Å². The predicted molar refractivity (Wildman–Crippen MR) is 235 cm³/mol. The van der Waals surface area contributed by atoms with E-state index in [4.69, 9.17) is 28.1 Å². The molecule has 6 rings (SSSR count). The number of Topliss-reactive ketones (excluding diaryl/α,β-unsaturated/α-hetero) is 2. The molecule has 0 aliphatic heterocycles. The van der Waals surface area contributed by atoms with E-state index in [-0.39, 0.29) is 71.5 Å².